The highest BCUT2D eigenvalue weighted by Crippen LogP contribution is 2.25. The van der Waals surface area contributed by atoms with E-state index in [-0.39, 0.29) is 0 Å². The third kappa shape index (κ3) is 2.65. The van der Waals surface area contributed by atoms with Gasteiger partial charge in [0, 0.05) is 19.6 Å². The Hall–Kier alpha value is -0.160. The lowest BCUT2D eigenvalue weighted by Gasteiger charge is -2.35. The van der Waals surface area contributed by atoms with Gasteiger partial charge in [0.15, 0.2) is 0 Å². The van der Waals surface area contributed by atoms with Crippen LogP contribution in [0.1, 0.15) is 57.8 Å². The third-order valence-corrected chi connectivity index (χ3v) is 4.33. The van der Waals surface area contributed by atoms with Crippen molar-refractivity contribution in [2.45, 2.75) is 64.0 Å². The van der Waals surface area contributed by atoms with Crippen LogP contribution in [-0.4, -0.2) is 41.0 Å². The molecule has 0 bridgehead atoms. The van der Waals surface area contributed by atoms with Gasteiger partial charge in [-0.1, -0.05) is 32.1 Å². The molecule has 3 rings (SSSR count). The van der Waals surface area contributed by atoms with Gasteiger partial charge in [-0.2, -0.15) is 10.2 Å². The Morgan fingerprint density at radius 1 is 0.706 bits per heavy atom. The van der Waals surface area contributed by atoms with Crippen molar-refractivity contribution in [1.29, 1.82) is 0 Å². The van der Waals surface area contributed by atoms with Gasteiger partial charge in [0.1, 0.15) is 0 Å². The van der Waals surface area contributed by atoms with E-state index in [1.165, 1.54) is 77.4 Å². The van der Waals surface area contributed by atoms with Gasteiger partial charge in [0.05, 0.1) is 6.17 Å². The van der Waals surface area contributed by atoms with E-state index in [1.54, 1.807) is 0 Å². The second-order valence-corrected chi connectivity index (χ2v) is 5.64. The van der Waals surface area contributed by atoms with E-state index in [1.807, 2.05) is 0 Å². The highest BCUT2D eigenvalue weighted by molar-refractivity contribution is 4.76. The molecule has 0 spiro atoms. The summed E-state index contributed by atoms with van der Waals surface area (Å²) in [6.07, 6.45) is 13.0. The standard InChI is InChI=1S/C13H26N4/c1-2-6-10-15-13(9-5-1)14-16-11-7-3-4-8-12-17(15)16/h13-14H,1-12H2. The molecule has 0 aliphatic carbocycles. The molecule has 4 heteroatoms. The van der Waals surface area contributed by atoms with Gasteiger partial charge in [0.2, 0.25) is 0 Å². The zero-order valence-electron chi connectivity index (χ0n) is 10.9. The summed E-state index contributed by atoms with van der Waals surface area (Å²) in [5.41, 5.74) is 3.72. The predicted octanol–water partition coefficient (Wildman–Crippen LogP) is 2.10. The molecule has 0 aromatic heterocycles. The van der Waals surface area contributed by atoms with E-state index >= 15 is 0 Å². The first kappa shape index (κ1) is 11.9. The molecule has 4 nitrogen and oxygen atoms in total. The average molecular weight is 238 g/mol. The summed E-state index contributed by atoms with van der Waals surface area (Å²) in [7, 11) is 0. The van der Waals surface area contributed by atoms with Crippen molar-refractivity contribution in [3.05, 3.63) is 0 Å². The molecule has 1 atom stereocenters. The normalized spacial score (nSPS) is 34.2. The zero-order chi connectivity index (χ0) is 11.5. The molecule has 0 aromatic carbocycles. The lowest BCUT2D eigenvalue weighted by molar-refractivity contribution is -0.145. The fraction of sp³-hybridized carbons (Fsp3) is 1.00. The van der Waals surface area contributed by atoms with Crippen molar-refractivity contribution >= 4 is 0 Å². The summed E-state index contributed by atoms with van der Waals surface area (Å²) in [6, 6.07) is 0. The number of fused-ring (bicyclic) bond motifs is 3. The van der Waals surface area contributed by atoms with Crippen LogP contribution in [0.4, 0.5) is 0 Å². The molecule has 0 saturated carbocycles. The first-order valence-corrected chi connectivity index (χ1v) is 7.53. The van der Waals surface area contributed by atoms with Crippen molar-refractivity contribution in [3.8, 4) is 0 Å². The summed E-state index contributed by atoms with van der Waals surface area (Å²) in [5, 5.41) is 7.51. The molecule has 98 valence electrons. The summed E-state index contributed by atoms with van der Waals surface area (Å²) < 4.78 is 0. The van der Waals surface area contributed by atoms with Gasteiger partial charge < -0.3 is 0 Å². The molecular weight excluding hydrogens is 212 g/mol. The van der Waals surface area contributed by atoms with Crippen molar-refractivity contribution < 1.29 is 0 Å². The monoisotopic (exact) mass is 238 g/mol. The van der Waals surface area contributed by atoms with E-state index in [4.69, 9.17) is 0 Å². The lowest BCUT2D eigenvalue weighted by Crippen LogP contribution is -2.48. The van der Waals surface area contributed by atoms with Crippen molar-refractivity contribution in [3.63, 3.8) is 0 Å². The molecule has 3 heterocycles. The number of hydrogen-bond acceptors (Lipinski definition) is 4. The summed E-state index contributed by atoms with van der Waals surface area (Å²) in [4.78, 5) is 0. The minimum absolute atomic E-state index is 0.577. The minimum atomic E-state index is 0.577. The van der Waals surface area contributed by atoms with Crippen LogP contribution >= 0.6 is 0 Å². The molecule has 3 aliphatic rings. The first-order chi connectivity index (χ1) is 8.45. The van der Waals surface area contributed by atoms with Gasteiger partial charge in [-0.05, 0) is 25.7 Å². The molecule has 0 radical (unpaired) electrons. The molecule has 1 unspecified atom stereocenters. The van der Waals surface area contributed by atoms with Gasteiger partial charge >= 0.3 is 0 Å². The van der Waals surface area contributed by atoms with Crippen LogP contribution < -0.4 is 5.43 Å². The van der Waals surface area contributed by atoms with E-state index in [0.717, 1.165) is 0 Å². The van der Waals surface area contributed by atoms with Crippen LogP contribution in [0.5, 0.6) is 0 Å². The molecule has 3 aliphatic heterocycles. The fourth-order valence-corrected chi connectivity index (χ4v) is 3.35. The van der Waals surface area contributed by atoms with Crippen molar-refractivity contribution in [2.24, 2.45) is 0 Å². The van der Waals surface area contributed by atoms with E-state index < -0.39 is 0 Å². The number of rotatable bonds is 0. The number of hydrazine groups is 3. The number of hydrogen-bond donors (Lipinski definition) is 1. The van der Waals surface area contributed by atoms with Gasteiger partial charge in [-0.3, -0.25) is 0 Å². The topological polar surface area (TPSA) is 21.8 Å². The molecule has 0 amide bonds. The maximum absolute atomic E-state index is 3.72. The summed E-state index contributed by atoms with van der Waals surface area (Å²) >= 11 is 0. The Morgan fingerprint density at radius 3 is 2.29 bits per heavy atom. The lowest BCUT2D eigenvalue weighted by atomic mass is 10.1. The van der Waals surface area contributed by atoms with Crippen LogP contribution in [0.25, 0.3) is 0 Å². The minimum Gasteiger partial charge on any atom is -0.222 e. The fourth-order valence-electron chi connectivity index (χ4n) is 3.35. The largest absolute Gasteiger partial charge is 0.222 e. The van der Waals surface area contributed by atoms with Crippen LogP contribution in [-0.2, 0) is 0 Å². The van der Waals surface area contributed by atoms with Crippen LogP contribution in [0.15, 0.2) is 0 Å². The molecule has 3 saturated heterocycles. The maximum atomic E-state index is 3.72. The SMILES string of the molecule is C1CCCN2C(CC1)NN1CCCCCCN12. The van der Waals surface area contributed by atoms with Gasteiger partial charge in [0.25, 0.3) is 0 Å². The highest BCUT2D eigenvalue weighted by Gasteiger charge is 2.36. The third-order valence-electron chi connectivity index (χ3n) is 4.33. The maximum Gasteiger partial charge on any atom is 0.0892 e. The number of nitrogens with one attached hydrogen (secondary N) is 1. The second kappa shape index (κ2) is 5.65. The van der Waals surface area contributed by atoms with Crippen LogP contribution in [0.3, 0.4) is 0 Å². The van der Waals surface area contributed by atoms with Crippen molar-refractivity contribution in [1.82, 2.24) is 20.7 Å². The van der Waals surface area contributed by atoms with E-state index in [2.05, 4.69) is 20.7 Å². The Kier molecular flexibility index (Phi) is 3.96. The van der Waals surface area contributed by atoms with Crippen LogP contribution in [0.2, 0.25) is 0 Å². The Morgan fingerprint density at radius 2 is 1.41 bits per heavy atom. The highest BCUT2D eigenvalue weighted by atomic mass is 16.0. The second-order valence-electron chi connectivity index (χ2n) is 5.64. The quantitative estimate of drug-likeness (QED) is 0.697. The Bertz CT molecular complexity index is 222. The van der Waals surface area contributed by atoms with Crippen LogP contribution in [0, 0.1) is 0 Å². The smallest absolute Gasteiger partial charge is 0.0892 e. The molecule has 17 heavy (non-hydrogen) atoms. The zero-order valence-corrected chi connectivity index (χ0v) is 10.9. The van der Waals surface area contributed by atoms with Crippen molar-refractivity contribution in [2.75, 3.05) is 19.6 Å². The molecule has 3 fully saturated rings. The van der Waals surface area contributed by atoms with Gasteiger partial charge in [-0.25, -0.2) is 10.4 Å². The number of nitrogens with zero attached hydrogens (tertiary/aromatic N) is 3. The van der Waals surface area contributed by atoms with Gasteiger partial charge in [-0.15, -0.1) is 0 Å². The summed E-state index contributed by atoms with van der Waals surface area (Å²) in [5.74, 6) is 0. The molecule has 0 aromatic rings. The predicted molar refractivity (Wildman–Crippen MR) is 68.6 cm³/mol. The van der Waals surface area contributed by atoms with E-state index in [9.17, 15) is 0 Å². The van der Waals surface area contributed by atoms with E-state index in [0.29, 0.717) is 6.17 Å². The average Bonchev–Trinajstić information content (AvgIpc) is 2.55. The first-order valence-electron chi connectivity index (χ1n) is 7.53. The Labute approximate surface area is 105 Å². The Balaban J connectivity index is 1.69. The summed E-state index contributed by atoms with van der Waals surface area (Å²) in [6.45, 7) is 3.64. The molecule has 1 N–H and O–H groups in total. The molecular formula is C13H26N4.